The van der Waals surface area contributed by atoms with Crippen molar-refractivity contribution in [3.05, 3.63) is 101 Å². The Morgan fingerprint density at radius 3 is 2.85 bits per heavy atom. The maximum absolute atomic E-state index is 12.7. The Bertz CT molecular complexity index is 1490. The van der Waals surface area contributed by atoms with Crippen LogP contribution in [0.3, 0.4) is 0 Å². The van der Waals surface area contributed by atoms with Crippen LogP contribution in [0, 0.1) is 6.92 Å². The van der Waals surface area contributed by atoms with Crippen LogP contribution in [-0.2, 0) is 11.4 Å². The molecular formula is C27H22N4O2S. The number of thiazole rings is 1. The van der Waals surface area contributed by atoms with Crippen molar-refractivity contribution in [2.45, 2.75) is 25.9 Å². The Hall–Kier alpha value is -3.97. The molecule has 1 unspecified atom stereocenters. The van der Waals surface area contributed by atoms with E-state index in [0.717, 1.165) is 37.8 Å². The summed E-state index contributed by atoms with van der Waals surface area (Å²) in [5.41, 5.74) is 5.27. The zero-order chi connectivity index (χ0) is 23.1. The van der Waals surface area contributed by atoms with Crippen molar-refractivity contribution in [2.24, 2.45) is 0 Å². The van der Waals surface area contributed by atoms with E-state index in [9.17, 15) is 4.79 Å². The first-order valence-corrected chi connectivity index (χ1v) is 12.0. The van der Waals surface area contributed by atoms with Crippen molar-refractivity contribution in [1.29, 1.82) is 0 Å². The second-order valence-corrected chi connectivity index (χ2v) is 9.49. The molecule has 5 aromatic rings. The molecule has 0 saturated carbocycles. The lowest BCUT2D eigenvalue weighted by molar-refractivity contribution is -0.116. The fourth-order valence-electron chi connectivity index (χ4n) is 4.40. The summed E-state index contributed by atoms with van der Waals surface area (Å²) >= 11 is 1.55. The molecule has 1 aliphatic heterocycles. The second kappa shape index (κ2) is 8.43. The van der Waals surface area contributed by atoms with Gasteiger partial charge in [0.2, 0.25) is 11.0 Å². The van der Waals surface area contributed by atoms with E-state index < -0.39 is 0 Å². The number of carbonyl (C=O) groups is 1. The van der Waals surface area contributed by atoms with Crippen LogP contribution in [-0.4, -0.2) is 20.7 Å². The van der Waals surface area contributed by atoms with Crippen LogP contribution >= 0.6 is 11.3 Å². The van der Waals surface area contributed by atoms with Crippen LogP contribution in [0.4, 0.5) is 5.82 Å². The predicted molar refractivity (Wildman–Crippen MR) is 134 cm³/mol. The topological polar surface area (TPSA) is 69.0 Å². The van der Waals surface area contributed by atoms with Gasteiger partial charge in [0.15, 0.2) is 0 Å². The lowest BCUT2D eigenvalue weighted by atomic mass is 9.87. The summed E-state index contributed by atoms with van der Waals surface area (Å²) < 4.78 is 8.89. The normalized spacial score (nSPS) is 15.2. The molecule has 0 radical (unpaired) electrons. The van der Waals surface area contributed by atoms with E-state index in [1.807, 2.05) is 60.8 Å². The highest BCUT2D eigenvalue weighted by molar-refractivity contribution is 7.20. The van der Waals surface area contributed by atoms with Gasteiger partial charge in [-0.1, -0.05) is 65.4 Å². The Morgan fingerprint density at radius 1 is 1.09 bits per heavy atom. The molecule has 1 N–H and O–H groups in total. The fourth-order valence-corrected chi connectivity index (χ4v) is 5.33. The van der Waals surface area contributed by atoms with E-state index in [0.29, 0.717) is 18.8 Å². The van der Waals surface area contributed by atoms with Crippen LogP contribution in [0.25, 0.3) is 15.3 Å². The van der Waals surface area contributed by atoms with Gasteiger partial charge in [0, 0.05) is 17.9 Å². The van der Waals surface area contributed by atoms with Crippen LogP contribution in [0.5, 0.6) is 5.75 Å². The summed E-state index contributed by atoms with van der Waals surface area (Å²) in [7, 11) is 0. The van der Waals surface area contributed by atoms with Crippen molar-refractivity contribution in [3.63, 3.8) is 0 Å². The molecule has 168 valence electrons. The number of ether oxygens (including phenoxy) is 1. The standard InChI is InChI=1S/C27H22N4O2S/c1-17-6-4-7-18(12-17)16-33-20-9-5-8-19(13-20)21-14-25(32)30-26-22(21)15-28-31(26)27-29-23-10-2-3-11-24(23)34-27/h2-13,15,21H,14,16H2,1H3,(H,30,32). The number of aryl methyl sites for hydroxylation is 1. The van der Waals surface area contributed by atoms with Gasteiger partial charge in [0.05, 0.1) is 16.4 Å². The van der Waals surface area contributed by atoms with Gasteiger partial charge in [-0.3, -0.25) is 4.79 Å². The number of aromatic nitrogens is 3. The second-order valence-electron chi connectivity index (χ2n) is 8.48. The van der Waals surface area contributed by atoms with E-state index in [1.165, 1.54) is 5.56 Å². The van der Waals surface area contributed by atoms with Gasteiger partial charge in [-0.25, -0.2) is 4.98 Å². The molecule has 1 amide bonds. The van der Waals surface area contributed by atoms with Crippen LogP contribution in [0.15, 0.2) is 79.0 Å². The third-order valence-electron chi connectivity index (χ3n) is 6.03. The zero-order valence-corrected chi connectivity index (χ0v) is 19.4. The summed E-state index contributed by atoms with van der Waals surface area (Å²) in [5.74, 6) is 1.33. The highest BCUT2D eigenvalue weighted by Crippen LogP contribution is 2.39. The predicted octanol–water partition coefficient (Wildman–Crippen LogP) is 5.84. The summed E-state index contributed by atoms with van der Waals surface area (Å²) in [6.07, 6.45) is 2.20. The number of fused-ring (bicyclic) bond motifs is 2. The summed E-state index contributed by atoms with van der Waals surface area (Å²) in [6, 6.07) is 24.3. The number of carbonyl (C=O) groups excluding carboxylic acids is 1. The molecule has 0 fully saturated rings. The largest absolute Gasteiger partial charge is 0.489 e. The van der Waals surface area contributed by atoms with Gasteiger partial charge in [-0.05, 0) is 42.3 Å². The molecule has 6 rings (SSSR count). The number of hydrogen-bond donors (Lipinski definition) is 1. The molecule has 3 heterocycles. The summed E-state index contributed by atoms with van der Waals surface area (Å²) in [5, 5.41) is 8.35. The average Bonchev–Trinajstić information content (AvgIpc) is 3.46. The van der Waals surface area contributed by atoms with Crippen molar-refractivity contribution >= 4 is 33.3 Å². The van der Waals surface area contributed by atoms with Crippen LogP contribution in [0.1, 0.15) is 34.6 Å². The smallest absolute Gasteiger partial charge is 0.226 e. The number of para-hydroxylation sites is 1. The Balaban J connectivity index is 1.31. The minimum absolute atomic E-state index is 0.0357. The highest BCUT2D eigenvalue weighted by atomic mass is 32.1. The van der Waals surface area contributed by atoms with Gasteiger partial charge in [-0.15, -0.1) is 0 Å². The molecule has 7 heteroatoms. The molecule has 0 bridgehead atoms. The van der Waals surface area contributed by atoms with Gasteiger partial charge in [0.25, 0.3) is 0 Å². The van der Waals surface area contributed by atoms with Gasteiger partial charge >= 0.3 is 0 Å². The zero-order valence-electron chi connectivity index (χ0n) is 18.6. The summed E-state index contributed by atoms with van der Waals surface area (Å²) in [6.45, 7) is 2.57. The lowest BCUT2D eigenvalue weighted by Crippen LogP contribution is -2.24. The molecule has 0 spiro atoms. The van der Waals surface area contributed by atoms with E-state index in [1.54, 1.807) is 16.0 Å². The van der Waals surface area contributed by atoms with E-state index in [-0.39, 0.29) is 11.8 Å². The monoisotopic (exact) mass is 466 g/mol. The fraction of sp³-hybridized carbons (Fsp3) is 0.148. The molecular weight excluding hydrogens is 444 g/mol. The molecule has 1 aliphatic rings. The first kappa shape index (κ1) is 20.6. The number of nitrogens with one attached hydrogen (secondary N) is 1. The molecule has 1 atom stereocenters. The molecule has 2 aromatic heterocycles. The molecule has 6 nitrogen and oxygen atoms in total. The number of hydrogen-bond acceptors (Lipinski definition) is 5. The van der Waals surface area contributed by atoms with Crippen molar-refractivity contribution in [1.82, 2.24) is 14.8 Å². The average molecular weight is 467 g/mol. The Labute approximate surface area is 200 Å². The van der Waals surface area contributed by atoms with E-state index in [4.69, 9.17) is 9.72 Å². The number of amides is 1. The van der Waals surface area contributed by atoms with E-state index in [2.05, 4.69) is 35.5 Å². The number of nitrogens with zero attached hydrogens (tertiary/aromatic N) is 3. The number of rotatable bonds is 5. The van der Waals surface area contributed by atoms with Crippen molar-refractivity contribution in [2.75, 3.05) is 5.32 Å². The van der Waals surface area contributed by atoms with Crippen molar-refractivity contribution < 1.29 is 9.53 Å². The minimum Gasteiger partial charge on any atom is -0.489 e. The number of benzene rings is 3. The SMILES string of the molecule is Cc1cccc(COc2cccc(C3CC(=O)Nc4c3cnn4-c3nc4ccccc4s3)c2)c1. The maximum Gasteiger partial charge on any atom is 0.226 e. The van der Waals surface area contributed by atoms with Gasteiger partial charge in [-0.2, -0.15) is 9.78 Å². The van der Waals surface area contributed by atoms with Crippen LogP contribution < -0.4 is 10.1 Å². The third kappa shape index (κ3) is 3.84. The highest BCUT2D eigenvalue weighted by Gasteiger charge is 2.31. The Morgan fingerprint density at radius 2 is 1.97 bits per heavy atom. The quantitative estimate of drug-likeness (QED) is 0.353. The molecule has 0 aliphatic carbocycles. The first-order valence-electron chi connectivity index (χ1n) is 11.2. The summed E-state index contributed by atoms with van der Waals surface area (Å²) in [4.78, 5) is 17.4. The Kier molecular flexibility index (Phi) is 5.11. The lowest BCUT2D eigenvalue weighted by Gasteiger charge is -2.23. The van der Waals surface area contributed by atoms with Crippen LogP contribution in [0.2, 0.25) is 0 Å². The minimum atomic E-state index is -0.102. The first-order chi connectivity index (χ1) is 16.6. The third-order valence-corrected chi connectivity index (χ3v) is 7.04. The van der Waals surface area contributed by atoms with Crippen molar-refractivity contribution in [3.8, 4) is 10.9 Å². The van der Waals surface area contributed by atoms with Gasteiger partial charge in [0.1, 0.15) is 18.2 Å². The maximum atomic E-state index is 12.7. The van der Waals surface area contributed by atoms with Gasteiger partial charge < -0.3 is 10.1 Å². The molecule has 0 saturated heterocycles. The number of anilines is 1. The van der Waals surface area contributed by atoms with E-state index >= 15 is 0 Å². The molecule has 34 heavy (non-hydrogen) atoms. The molecule has 3 aromatic carbocycles.